The molecule has 0 aliphatic carbocycles. The second-order valence-electron chi connectivity index (χ2n) is 2.35. The van der Waals surface area contributed by atoms with Crippen molar-refractivity contribution in [3.63, 3.8) is 0 Å². The van der Waals surface area contributed by atoms with Crippen LogP contribution in [0.5, 0.6) is 0 Å². The number of amidine groups is 1. The highest BCUT2D eigenvalue weighted by Gasteiger charge is 2.26. The van der Waals surface area contributed by atoms with E-state index in [9.17, 15) is 5.11 Å². The first-order chi connectivity index (χ1) is 4.60. The van der Waals surface area contributed by atoms with Gasteiger partial charge in [0.25, 0.3) is 0 Å². The van der Waals surface area contributed by atoms with E-state index in [-0.39, 0.29) is 0 Å². The number of nitrogens with two attached hydrogens (primary N) is 1. The predicted molar refractivity (Wildman–Crippen MR) is 43.1 cm³/mol. The van der Waals surface area contributed by atoms with E-state index in [1.807, 2.05) is 13.8 Å². The Bertz CT molecular complexity index is 128. The molecule has 0 aromatic heterocycles. The Balaban J connectivity index is 4.32. The fourth-order valence-corrected chi connectivity index (χ4v) is 0.820. The molecule has 10 heavy (non-hydrogen) atoms. The van der Waals surface area contributed by atoms with Crippen LogP contribution in [0.3, 0.4) is 0 Å². The van der Waals surface area contributed by atoms with E-state index in [2.05, 4.69) is 4.99 Å². The van der Waals surface area contributed by atoms with Gasteiger partial charge < -0.3 is 10.8 Å². The second-order valence-corrected chi connectivity index (χ2v) is 2.35. The highest BCUT2D eigenvalue weighted by molar-refractivity contribution is 5.88. The molecule has 0 bridgehead atoms. The van der Waals surface area contributed by atoms with Gasteiger partial charge in [0.15, 0.2) is 0 Å². The summed E-state index contributed by atoms with van der Waals surface area (Å²) in [5.41, 5.74) is 4.59. The first-order valence-electron chi connectivity index (χ1n) is 3.55. The van der Waals surface area contributed by atoms with E-state index in [1.165, 1.54) is 0 Å². The smallest absolute Gasteiger partial charge is 0.126 e. The third kappa shape index (κ3) is 1.70. The second kappa shape index (κ2) is 3.56. The van der Waals surface area contributed by atoms with Crippen LogP contribution < -0.4 is 5.73 Å². The van der Waals surface area contributed by atoms with Crippen LogP contribution in [0.25, 0.3) is 0 Å². The number of aliphatic imine (C=N–C) groups is 1. The van der Waals surface area contributed by atoms with Crippen molar-refractivity contribution < 1.29 is 5.11 Å². The van der Waals surface area contributed by atoms with E-state index in [4.69, 9.17) is 5.73 Å². The lowest BCUT2D eigenvalue weighted by Crippen LogP contribution is -2.42. The van der Waals surface area contributed by atoms with Crippen molar-refractivity contribution in [2.75, 3.05) is 7.05 Å². The van der Waals surface area contributed by atoms with Crippen LogP contribution in [0.4, 0.5) is 0 Å². The summed E-state index contributed by atoms with van der Waals surface area (Å²) in [4.78, 5) is 3.75. The van der Waals surface area contributed by atoms with Gasteiger partial charge in [-0.1, -0.05) is 13.8 Å². The van der Waals surface area contributed by atoms with Crippen LogP contribution in [-0.2, 0) is 0 Å². The van der Waals surface area contributed by atoms with Crippen molar-refractivity contribution in [1.82, 2.24) is 0 Å². The lowest BCUT2D eigenvalue weighted by atomic mass is 9.96. The summed E-state index contributed by atoms with van der Waals surface area (Å²) in [7, 11) is 1.59. The highest BCUT2D eigenvalue weighted by atomic mass is 16.3. The Morgan fingerprint density at radius 2 is 1.90 bits per heavy atom. The number of nitrogens with zero attached hydrogens (tertiary/aromatic N) is 1. The molecule has 0 rings (SSSR count). The molecule has 0 aromatic carbocycles. The normalized spacial score (nSPS) is 13.8. The minimum Gasteiger partial charge on any atom is -0.385 e. The van der Waals surface area contributed by atoms with Crippen LogP contribution in [-0.4, -0.2) is 23.6 Å². The maximum absolute atomic E-state index is 9.64. The Kier molecular flexibility index (Phi) is 3.36. The van der Waals surface area contributed by atoms with E-state index < -0.39 is 5.60 Å². The highest BCUT2D eigenvalue weighted by Crippen LogP contribution is 2.13. The maximum Gasteiger partial charge on any atom is 0.126 e. The van der Waals surface area contributed by atoms with E-state index >= 15 is 0 Å². The lowest BCUT2D eigenvalue weighted by molar-refractivity contribution is 0.102. The number of aliphatic hydroxyl groups is 1. The quantitative estimate of drug-likeness (QED) is 0.448. The van der Waals surface area contributed by atoms with Crippen molar-refractivity contribution in [3.8, 4) is 0 Å². The predicted octanol–water partition coefficient (Wildman–Crippen LogP) is 0.525. The van der Waals surface area contributed by atoms with Gasteiger partial charge in [0.05, 0.1) is 0 Å². The molecule has 0 atom stereocenters. The maximum atomic E-state index is 9.64. The molecule has 3 heteroatoms. The van der Waals surface area contributed by atoms with Gasteiger partial charge in [-0.05, 0) is 12.8 Å². The molecule has 0 amide bonds. The van der Waals surface area contributed by atoms with Crippen LogP contribution in [0, 0.1) is 0 Å². The largest absolute Gasteiger partial charge is 0.385 e. The Morgan fingerprint density at radius 1 is 1.50 bits per heavy atom. The average molecular weight is 144 g/mol. The van der Waals surface area contributed by atoms with Crippen molar-refractivity contribution in [3.05, 3.63) is 0 Å². The number of hydrogen-bond acceptors (Lipinski definition) is 2. The van der Waals surface area contributed by atoms with Gasteiger partial charge in [-0.15, -0.1) is 0 Å². The van der Waals surface area contributed by atoms with Crippen LogP contribution in [0.2, 0.25) is 0 Å². The molecular formula is C7H16N2O. The van der Waals surface area contributed by atoms with Gasteiger partial charge in [0.2, 0.25) is 0 Å². The Morgan fingerprint density at radius 3 is 2.00 bits per heavy atom. The van der Waals surface area contributed by atoms with Crippen molar-refractivity contribution >= 4 is 5.84 Å². The summed E-state index contributed by atoms with van der Waals surface area (Å²) in [6, 6.07) is 0. The van der Waals surface area contributed by atoms with Gasteiger partial charge in [-0.2, -0.15) is 0 Å². The topological polar surface area (TPSA) is 58.6 Å². The molecule has 60 valence electrons. The van der Waals surface area contributed by atoms with Crippen molar-refractivity contribution in [1.29, 1.82) is 0 Å². The molecule has 0 radical (unpaired) electrons. The summed E-state index contributed by atoms with van der Waals surface area (Å²) in [5, 5.41) is 9.64. The first kappa shape index (κ1) is 9.43. The summed E-state index contributed by atoms with van der Waals surface area (Å²) >= 11 is 0. The van der Waals surface area contributed by atoms with E-state index in [1.54, 1.807) is 7.05 Å². The third-order valence-corrected chi connectivity index (χ3v) is 1.89. The van der Waals surface area contributed by atoms with E-state index in [0.29, 0.717) is 18.7 Å². The summed E-state index contributed by atoms with van der Waals surface area (Å²) in [5.74, 6) is 0.331. The lowest BCUT2D eigenvalue weighted by Gasteiger charge is -2.23. The fraction of sp³-hybridized carbons (Fsp3) is 0.857. The van der Waals surface area contributed by atoms with Gasteiger partial charge in [0, 0.05) is 7.05 Å². The van der Waals surface area contributed by atoms with Gasteiger partial charge in [-0.25, -0.2) is 0 Å². The van der Waals surface area contributed by atoms with Crippen LogP contribution in [0.1, 0.15) is 26.7 Å². The molecule has 0 unspecified atom stereocenters. The molecule has 0 heterocycles. The van der Waals surface area contributed by atoms with Gasteiger partial charge in [0.1, 0.15) is 11.4 Å². The van der Waals surface area contributed by atoms with Gasteiger partial charge >= 0.3 is 0 Å². The Hall–Kier alpha value is -0.570. The van der Waals surface area contributed by atoms with Crippen molar-refractivity contribution in [2.24, 2.45) is 10.7 Å². The molecule has 0 spiro atoms. The van der Waals surface area contributed by atoms with Crippen LogP contribution in [0.15, 0.2) is 4.99 Å². The Labute approximate surface area is 62.0 Å². The fourth-order valence-electron chi connectivity index (χ4n) is 0.820. The molecule has 0 saturated heterocycles. The number of hydrogen-bond donors (Lipinski definition) is 2. The van der Waals surface area contributed by atoms with Crippen LogP contribution >= 0.6 is 0 Å². The SMILES string of the molecule is CCC(O)(CC)C(N)=NC. The zero-order chi connectivity index (χ0) is 8.20. The minimum absolute atomic E-state index is 0.331. The molecule has 3 nitrogen and oxygen atoms in total. The molecule has 0 fully saturated rings. The monoisotopic (exact) mass is 144 g/mol. The summed E-state index contributed by atoms with van der Waals surface area (Å²) < 4.78 is 0. The first-order valence-corrected chi connectivity index (χ1v) is 3.55. The molecular weight excluding hydrogens is 128 g/mol. The van der Waals surface area contributed by atoms with E-state index in [0.717, 1.165) is 0 Å². The number of rotatable bonds is 3. The summed E-state index contributed by atoms with van der Waals surface area (Å²) in [6.45, 7) is 3.78. The summed E-state index contributed by atoms with van der Waals surface area (Å²) in [6.07, 6.45) is 1.24. The standard InChI is InChI=1S/C7H16N2O/c1-4-7(10,5-2)6(8)9-3/h10H,4-5H2,1-3H3,(H2,8,9). The van der Waals surface area contributed by atoms with Crippen molar-refractivity contribution in [2.45, 2.75) is 32.3 Å². The molecule has 0 aliphatic heterocycles. The zero-order valence-corrected chi connectivity index (χ0v) is 6.89. The third-order valence-electron chi connectivity index (χ3n) is 1.89. The molecule has 0 saturated carbocycles. The molecule has 0 aliphatic rings. The molecule has 0 aromatic rings. The average Bonchev–Trinajstić information content (AvgIpc) is 2.01. The zero-order valence-electron chi connectivity index (χ0n) is 6.89. The van der Waals surface area contributed by atoms with Gasteiger partial charge in [-0.3, -0.25) is 4.99 Å². The molecule has 3 N–H and O–H groups in total. The minimum atomic E-state index is -0.880.